The van der Waals surface area contributed by atoms with Gasteiger partial charge in [-0.1, -0.05) is 45.1 Å². The van der Waals surface area contributed by atoms with Crippen LogP contribution in [0.15, 0.2) is 4.42 Å². The number of unbranched alkanes of at least 4 members (excludes halogenated alkanes) is 1. The van der Waals surface area contributed by atoms with Gasteiger partial charge in [0.2, 0.25) is 5.89 Å². The molecular weight excluding hydrogens is 278 g/mol. The molecule has 5 nitrogen and oxygen atoms in total. The molecule has 2 heterocycles. The maximum absolute atomic E-state index is 6.26. The average molecular weight is 307 g/mol. The van der Waals surface area contributed by atoms with Gasteiger partial charge in [-0.05, 0) is 25.2 Å². The number of hydrogen-bond donors (Lipinski definition) is 0. The summed E-state index contributed by atoms with van der Waals surface area (Å²) in [5.41, 5.74) is 0. The lowest BCUT2D eigenvalue weighted by atomic mass is 9.85. The van der Waals surface area contributed by atoms with Crippen molar-refractivity contribution in [2.45, 2.75) is 77.4 Å². The van der Waals surface area contributed by atoms with Crippen LogP contribution in [0.2, 0.25) is 0 Å². The van der Waals surface area contributed by atoms with Crippen LogP contribution in [-0.2, 0) is 4.74 Å². The fourth-order valence-corrected chi connectivity index (χ4v) is 3.16. The SMILES string of the molecule is CCCC[C@@H]1CN(c2nnc(C3CCC3)o2)C[C@H](C(C)C)O1. The van der Waals surface area contributed by atoms with E-state index in [0.29, 0.717) is 17.9 Å². The van der Waals surface area contributed by atoms with E-state index in [2.05, 4.69) is 35.9 Å². The van der Waals surface area contributed by atoms with Gasteiger partial charge in [0.25, 0.3) is 0 Å². The van der Waals surface area contributed by atoms with Crippen LogP contribution in [-0.4, -0.2) is 35.5 Å². The summed E-state index contributed by atoms with van der Waals surface area (Å²) in [5.74, 6) is 1.83. The summed E-state index contributed by atoms with van der Waals surface area (Å²) >= 11 is 0. The van der Waals surface area contributed by atoms with Crippen LogP contribution in [0.5, 0.6) is 0 Å². The minimum absolute atomic E-state index is 0.245. The average Bonchev–Trinajstić information content (AvgIpc) is 2.92. The summed E-state index contributed by atoms with van der Waals surface area (Å²) in [6, 6.07) is 0.692. The molecule has 1 saturated carbocycles. The molecule has 0 bridgehead atoms. The van der Waals surface area contributed by atoms with E-state index >= 15 is 0 Å². The Kier molecular flexibility index (Phi) is 5.01. The highest BCUT2D eigenvalue weighted by atomic mass is 16.5. The lowest BCUT2D eigenvalue weighted by Crippen LogP contribution is -2.49. The van der Waals surface area contributed by atoms with Crippen LogP contribution >= 0.6 is 0 Å². The first-order chi connectivity index (χ1) is 10.7. The summed E-state index contributed by atoms with van der Waals surface area (Å²) in [6.45, 7) is 8.39. The minimum atomic E-state index is 0.245. The molecular formula is C17H29N3O2. The van der Waals surface area contributed by atoms with Gasteiger partial charge in [-0.15, -0.1) is 5.10 Å². The molecule has 1 aliphatic carbocycles. The second-order valence-electron chi connectivity index (χ2n) is 7.14. The normalized spacial score (nSPS) is 26.5. The molecule has 5 heteroatoms. The molecule has 3 rings (SSSR count). The van der Waals surface area contributed by atoms with Gasteiger partial charge in [0.1, 0.15) is 0 Å². The lowest BCUT2D eigenvalue weighted by molar-refractivity contribution is -0.0531. The number of anilines is 1. The molecule has 0 aromatic carbocycles. The Morgan fingerprint density at radius 2 is 2.05 bits per heavy atom. The smallest absolute Gasteiger partial charge is 0.318 e. The molecule has 1 aromatic rings. The number of ether oxygens (including phenoxy) is 1. The fourth-order valence-electron chi connectivity index (χ4n) is 3.16. The predicted octanol–water partition coefficient (Wildman–Crippen LogP) is 3.76. The molecule has 2 fully saturated rings. The summed E-state index contributed by atoms with van der Waals surface area (Å²) in [7, 11) is 0. The first-order valence-electron chi connectivity index (χ1n) is 8.91. The molecule has 1 saturated heterocycles. The van der Waals surface area contributed by atoms with Crippen LogP contribution < -0.4 is 4.90 Å². The van der Waals surface area contributed by atoms with E-state index in [1.165, 1.54) is 32.1 Å². The maximum atomic E-state index is 6.26. The highest BCUT2D eigenvalue weighted by Gasteiger charge is 2.33. The van der Waals surface area contributed by atoms with E-state index in [4.69, 9.17) is 9.15 Å². The van der Waals surface area contributed by atoms with Gasteiger partial charge in [-0.2, -0.15) is 0 Å². The number of rotatable bonds is 6. The van der Waals surface area contributed by atoms with E-state index in [1.54, 1.807) is 0 Å². The molecule has 2 atom stereocenters. The van der Waals surface area contributed by atoms with Gasteiger partial charge in [0.15, 0.2) is 0 Å². The first kappa shape index (κ1) is 15.8. The van der Waals surface area contributed by atoms with Gasteiger partial charge >= 0.3 is 6.01 Å². The molecule has 0 spiro atoms. The van der Waals surface area contributed by atoms with E-state index < -0.39 is 0 Å². The molecule has 1 aliphatic heterocycles. The topological polar surface area (TPSA) is 51.4 Å². The highest BCUT2D eigenvalue weighted by Crippen LogP contribution is 2.36. The Balaban J connectivity index is 1.68. The molecule has 2 aliphatic rings. The zero-order valence-corrected chi connectivity index (χ0v) is 14.1. The maximum Gasteiger partial charge on any atom is 0.318 e. The first-order valence-corrected chi connectivity index (χ1v) is 8.91. The third kappa shape index (κ3) is 3.45. The van der Waals surface area contributed by atoms with Gasteiger partial charge in [0, 0.05) is 19.0 Å². The van der Waals surface area contributed by atoms with Crippen molar-refractivity contribution in [3.8, 4) is 0 Å². The van der Waals surface area contributed by atoms with Gasteiger partial charge in [-0.3, -0.25) is 0 Å². The summed E-state index contributed by atoms with van der Waals surface area (Å²) in [5, 5.41) is 8.58. The van der Waals surface area contributed by atoms with E-state index in [-0.39, 0.29) is 12.2 Å². The Morgan fingerprint density at radius 1 is 1.23 bits per heavy atom. The summed E-state index contributed by atoms with van der Waals surface area (Å²) in [6.07, 6.45) is 7.72. The fraction of sp³-hybridized carbons (Fsp3) is 0.882. The van der Waals surface area contributed by atoms with Crippen LogP contribution in [0.3, 0.4) is 0 Å². The van der Waals surface area contributed by atoms with Crippen molar-refractivity contribution in [3.05, 3.63) is 5.89 Å². The van der Waals surface area contributed by atoms with E-state index in [1.807, 2.05) is 0 Å². The van der Waals surface area contributed by atoms with Gasteiger partial charge < -0.3 is 14.1 Å². The van der Waals surface area contributed by atoms with Crippen molar-refractivity contribution in [2.75, 3.05) is 18.0 Å². The van der Waals surface area contributed by atoms with Gasteiger partial charge in [0.05, 0.1) is 12.2 Å². The van der Waals surface area contributed by atoms with Crippen LogP contribution in [0.1, 0.15) is 71.1 Å². The Labute approximate surface area is 133 Å². The second kappa shape index (κ2) is 6.99. The highest BCUT2D eigenvalue weighted by molar-refractivity contribution is 5.26. The Morgan fingerprint density at radius 3 is 2.68 bits per heavy atom. The number of nitrogens with zero attached hydrogens (tertiary/aromatic N) is 3. The van der Waals surface area contributed by atoms with Crippen molar-refractivity contribution in [1.82, 2.24) is 10.2 Å². The summed E-state index contributed by atoms with van der Waals surface area (Å²) in [4.78, 5) is 2.24. The quantitative estimate of drug-likeness (QED) is 0.801. The van der Waals surface area contributed by atoms with Crippen molar-refractivity contribution in [1.29, 1.82) is 0 Å². The van der Waals surface area contributed by atoms with Crippen LogP contribution in [0.4, 0.5) is 6.01 Å². The molecule has 124 valence electrons. The van der Waals surface area contributed by atoms with Crippen molar-refractivity contribution >= 4 is 6.01 Å². The monoisotopic (exact) mass is 307 g/mol. The zero-order valence-electron chi connectivity index (χ0n) is 14.1. The molecule has 0 N–H and O–H groups in total. The minimum Gasteiger partial charge on any atom is -0.408 e. The van der Waals surface area contributed by atoms with Crippen molar-refractivity contribution in [2.24, 2.45) is 5.92 Å². The number of hydrogen-bond acceptors (Lipinski definition) is 5. The molecule has 1 aromatic heterocycles. The number of aromatic nitrogens is 2. The lowest BCUT2D eigenvalue weighted by Gasteiger charge is -2.39. The van der Waals surface area contributed by atoms with Crippen molar-refractivity contribution in [3.63, 3.8) is 0 Å². The third-order valence-electron chi connectivity index (χ3n) is 4.97. The molecule has 0 radical (unpaired) electrons. The predicted molar refractivity (Wildman–Crippen MR) is 86.1 cm³/mol. The van der Waals surface area contributed by atoms with E-state index in [9.17, 15) is 0 Å². The third-order valence-corrected chi connectivity index (χ3v) is 4.97. The van der Waals surface area contributed by atoms with E-state index in [0.717, 1.165) is 25.4 Å². The largest absolute Gasteiger partial charge is 0.408 e. The molecule has 0 amide bonds. The Hall–Kier alpha value is -1.10. The number of morpholine rings is 1. The van der Waals surface area contributed by atoms with Crippen molar-refractivity contribution < 1.29 is 9.15 Å². The summed E-state index contributed by atoms with van der Waals surface area (Å²) < 4.78 is 12.2. The molecule has 22 heavy (non-hydrogen) atoms. The van der Waals surface area contributed by atoms with Crippen LogP contribution in [0, 0.1) is 5.92 Å². The Bertz CT molecular complexity index is 470. The van der Waals surface area contributed by atoms with Gasteiger partial charge in [-0.25, -0.2) is 0 Å². The molecule has 0 unspecified atom stereocenters. The standard InChI is InChI=1S/C17H29N3O2/c1-4-5-9-14-10-20(11-15(21-14)12(2)3)17-19-18-16(22-17)13-7-6-8-13/h12-15H,4-11H2,1-3H3/t14-,15-/m1/s1. The second-order valence-corrected chi connectivity index (χ2v) is 7.14. The van der Waals surface area contributed by atoms with Crippen LogP contribution in [0.25, 0.3) is 0 Å². The zero-order chi connectivity index (χ0) is 15.5.